The van der Waals surface area contributed by atoms with Crippen LogP contribution in [0.1, 0.15) is 26.7 Å². The molecule has 0 unspecified atom stereocenters. The van der Waals surface area contributed by atoms with E-state index < -0.39 is 0 Å². The van der Waals surface area contributed by atoms with Crippen molar-refractivity contribution in [2.24, 2.45) is 5.92 Å². The van der Waals surface area contributed by atoms with Crippen molar-refractivity contribution in [3.8, 4) is 0 Å². The molecule has 0 spiro atoms. The lowest BCUT2D eigenvalue weighted by atomic mass is 9.86. The molecule has 3 nitrogen and oxygen atoms in total. The molecule has 0 amide bonds. The molecule has 0 aromatic heterocycles. The molecule has 0 N–H and O–H groups in total. The summed E-state index contributed by atoms with van der Waals surface area (Å²) >= 11 is 0. The zero-order valence-electron chi connectivity index (χ0n) is 11.2. The van der Waals surface area contributed by atoms with Gasteiger partial charge in [0.2, 0.25) is 0 Å². The SMILES string of the molecule is C=C(C)[C@@H]1CC[C@@H](C)O[C@@H]1CN1CCOCC1. The topological polar surface area (TPSA) is 21.7 Å². The molecule has 2 saturated heterocycles. The fraction of sp³-hybridized carbons (Fsp3) is 0.857. The number of rotatable bonds is 3. The van der Waals surface area contributed by atoms with Gasteiger partial charge in [-0.25, -0.2) is 0 Å². The van der Waals surface area contributed by atoms with E-state index in [9.17, 15) is 0 Å². The Balaban J connectivity index is 1.92. The largest absolute Gasteiger partial charge is 0.379 e. The smallest absolute Gasteiger partial charge is 0.0770 e. The fourth-order valence-corrected chi connectivity index (χ4v) is 2.83. The van der Waals surface area contributed by atoms with Crippen LogP contribution in [0.5, 0.6) is 0 Å². The Kier molecular flexibility index (Phi) is 4.60. The molecule has 3 heteroatoms. The van der Waals surface area contributed by atoms with Gasteiger partial charge in [0.15, 0.2) is 0 Å². The number of hydrogen-bond acceptors (Lipinski definition) is 3. The number of hydrogen-bond donors (Lipinski definition) is 0. The van der Waals surface area contributed by atoms with Gasteiger partial charge in [0.25, 0.3) is 0 Å². The molecule has 2 aliphatic heterocycles. The summed E-state index contributed by atoms with van der Waals surface area (Å²) in [4.78, 5) is 2.46. The third-order valence-electron chi connectivity index (χ3n) is 3.91. The Morgan fingerprint density at radius 2 is 2.00 bits per heavy atom. The van der Waals surface area contributed by atoms with Crippen molar-refractivity contribution in [1.82, 2.24) is 4.90 Å². The van der Waals surface area contributed by atoms with E-state index in [1.54, 1.807) is 0 Å². The van der Waals surface area contributed by atoms with Gasteiger partial charge in [0.1, 0.15) is 0 Å². The summed E-state index contributed by atoms with van der Waals surface area (Å²) in [7, 11) is 0. The van der Waals surface area contributed by atoms with Crippen LogP contribution in [0, 0.1) is 5.92 Å². The second kappa shape index (κ2) is 5.98. The van der Waals surface area contributed by atoms with E-state index >= 15 is 0 Å². The molecule has 0 saturated carbocycles. The van der Waals surface area contributed by atoms with Crippen molar-refractivity contribution in [2.45, 2.75) is 38.9 Å². The van der Waals surface area contributed by atoms with Crippen LogP contribution in [0.25, 0.3) is 0 Å². The maximum atomic E-state index is 6.12. The predicted octanol–water partition coefficient (Wildman–Crippen LogP) is 2.08. The first-order valence-electron chi connectivity index (χ1n) is 6.78. The van der Waals surface area contributed by atoms with Crippen molar-refractivity contribution in [1.29, 1.82) is 0 Å². The minimum atomic E-state index is 0.328. The van der Waals surface area contributed by atoms with Crippen LogP contribution in [0.2, 0.25) is 0 Å². The van der Waals surface area contributed by atoms with Crippen LogP contribution in [-0.4, -0.2) is 50.0 Å². The molecule has 0 aromatic carbocycles. The summed E-state index contributed by atoms with van der Waals surface area (Å²) < 4.78 is 11.5. The Morgan fingerprint density at radius 3 is 2.65 bits per heavy atom. The molecule has 2 fully saturated rings. The minimum Gasteiger partial charge on any atom is -0.379 e. The Labute approximate surface area is 105 Å². The van der Waals surface area contributed by atoms with Gasteiger partial charge in [-0.3, -0.25) is 4.90 Å². The Morgan fingerprint density at radius 1 is 1.29 bits per heavy atom. The van der Waals surface area contributed by atoms with E-state index in [2.05, 4.69) is 25.3 Å². The third kappa shape index (κ3) is 3.54. The lowest BCUT2D eigenvalue weighted by Gasteiger charge is -2.39. The average Bonchev–Trinajstić information content (AvgIpc) is 2.30. The van der Waals surface area contributed by atoms with Crippen molar-refractivity contribution in [3.63, 3.8) is 0 Å². The highest BCUT2D eigenvalue weighted by atomic mass is 16.5. The van der Waals surface area contributed by atoms with Crippen LogP contribution in [0.4, 0.5) is 0 Å². The van der Waals surface area contributed by atoms with Crippen LogP contribution < -0.4 is 0 Å². The van der Waals surface area contributed by atoms with E-state index in [0.717, 1.165) is 39.3 Å². The van der Waals surface area contributed by atoms with Gasteiger partial charge in [-0.2, -0.15) is 0 Å². The zero-order chi connectivity index (χ0) is 12.3. The first kappa shape index (κ1) is 13.1. The van der Waals surface area contributed by atoms with Gasteiger partial charge in [-0.05, 0) is 26.7 Å². The Bertz CT molecular complexity index is 261. The molecule has 17 heavy (non-hydrogen) atoms. The van der Waals surface area contributed by atoms with Crippen molar-refractivity contribution >= 4 is 0 Å². The van der Waals surface area contributed by atoms with Crippen LogP contribution in [0.15, 0.2) is 12.2 Å². The molecule has 0 aliphatic carbocycles. The molecular weight excluding hydrogens is 214 g/mol. The van der Waals surface area contributed by atoms with E-state index in [4.69, 9.17) is 9.47 Å². The summed E-state index contributed by atoms with van der Waals surface area (Å²) in [5.74, 6) is 0.536. The second-order valence-corrected chi connectivity index (χ2v) is 5.43. The molecule has 0 radical (unpaired) electrons. The summed E-state index contributed by atoms with van der Waals surface area (Å²) in [6.07, 6.45) is 3.12. The number of nitrogens with zero attached hydrogens (tertiary/aromatic N) is 1. The van der Waals surface area contributed by atoms with Crippen LogP contribution in [-0.2, 0) is 9.47 Å². The van der Waals surface area contributed by atoms with Crippen LogP contribution >= 0.6 is 0 Å². The minimum absolute atomic E-state index is 0.328. The fourth-order valence-electron chi connectivity index (χ4n) is 2.83. The van der Waals surface area contributed by atoms with E-state index in [0.29, 0.717) is 18.1 Å². The molecule has 0 bridgehead atoms. The summed E-state index contributed by atoms with van der Waals surface area (Å²) in [5.41, 5.74) is 1.27. The standard InChI is InChI=1S/C14H25NO2/c1-11(2)13-5-4-12(3)17-14(13)10-15-6-8-16-9-7-15/h12-14H,1,4-10H2,2-3H3/t12-,13+,14-/m1/s1. The molecular formula is C14H25NO2. The molecule has 0 aromatic rings. The van der Waals surface area contributed by atoms with Gasteiger partial charge in [-0.1, -0.05) is 12.2 Å². The maximum Gasteiger partial charge on any atom is 0.0770 e. The van der Waals surface area contributed by atoms with Crippen molar-refractivity contribution in [2.75, 3.05) is 32.8 Å². The van der Waals surface area contributed by atoms with E-state index in [-0.39, 0.29) is 0 Å². The zero-order valence-corrected chi connectivity index (χ0v) is 11.2. The van der Waals surface area contributed by atoms with Crippen LogP contribution in [0.3, 0.4) is 0 Å². The predicted molar refractivity (Wildman–Crippen MR) is 69.1 cm³/mol. The average molecular weight is 239 g/mol. The number of morpholine rings is 1. The normalized spacial score (nSPS) is 35.8. The summed E-state index contributed by atoms with van der Waals surface area (Å²) in [5, 5.41) is 0. The highest BCUT2D eigenvalue weighted by Crippen LogP contribution is 2.30. The Hall–Kier alpha value is -0.380. The van der Waals surface area contributed by atoms with Gasteiger partial charge < -0.3 is 9.47 Å². The molecule has 98 valence electrons. The third-order valence-corrected chi connectivity index (χ3v) is 3.91. The number of ether oxygens (including phenoxy) is 2. The molecule has 3 atom stereocenters. The highest BCUT2D eigenvalue weighted by Gasteiger charge is 2.31. The molecule has 2 heterocycles. The summed E-state index contributed by atoms with van der Waals surface area (Å²) in [6, 6.07) is 0. The van der Waals surface area contributed by atoms with E-state index in [1.807, 2.05) is 0 Å². The quantitative estimate of drug-likeness (QED) is 0.704. The lowest BCUT2D eigenvalue weighted by Crippen LogP contribution is -2.46. The molecule has 2 aliphatic rings. The summed E-state index contributed by atoms with van der Waals surface area (Å²) in [6.45, 7) is 13.3. The first-order chi connectivity index (χ1) is 8.16. The highest BCUT2D eigenvalue weighted by molar-refractivity contribution is 5.02. The van der Waals surface area contributed by atoms with Crippen molar-refractivity contribution < 1.29 is 9.47 Å². The first-order valence-corrected chi connectivity index (χ1v) is 6.78. The second-order valence-electron chi connectivity index (χ2n) is 5.43. The van der Waals surface area contributed by atoms with Gasteiger partial charge in [-0.15, -0.1) is 0 Å². The maximum absolute atomic E-state index is 6.12. The van der Waals surface area contributed by atoms with E-state index in [1.165, 1.54) is 12.0 Å². The molecule has 2 rings (SSSR count). The van der Waals surface area contributed by atoms with Crippen molar-refractivity contribution in [3.05, 3.63) is 12.2 Å². The van der Waals surface area contributed by atoms with Gasteiger partial charge >= 0.3 is 0 Å². The monoisotopic (exact) mass is 239 g/mol. The lowest BCUT2D eigenvalue weighted by molar-refractivity contribution is -0.0869. The van der Waals surface area contributed by atoms with Gasteiger partial charge in [0, 0.05) is 25.6 Å². The van der Waals surface area contributed by atoms with Gasteiger partial charge in [0.05, 0.1) is 25.4 Å².